The van der Waals surface area contributed by atoms with Gasteiger partial charge in [0, 0.05) is 23.9 Å². The number of carbonyl (C=O) groups is 2. The Morgan fingerprint density at radius 2 is 1.83 bits per heavy atom. The number of benzene rings is 1. The molecule has 1 N–H and O–H groups in total. The van der Waals surface area contributed by atoms with E-state index in [2.05, 4.69) is 5.32 Å². The zero-order valence-electron chi connectivity index (χ0n) is 15.6. The predicted octanol–water partition coefficient (Wildman–Crippen LogP) is 2.67. The van der Waals surface area contributed by atoms with Crippen molar-refractivity contribution in [3.8, 4) is 0 Å². The smallest absolute Gasteiger partial charge is 0.375 e. The first-order chi connectivity index (χ1) is 14.1. The Hall–Kier alpha value is -3.61. The van der Waals surface area contributed by atoms with Crippen LogP contribution in [0.15, 0.2) is 76.1 Å². The highest BCUT2D eigenvalue weighted by molar-refractivity contribution is 5.90. The minimum absolute atomic E-state index is 0.0240. The van der Waals surface area contributed by atoms with Gasteiger partial charge in [-0.1, -0.05) is 36.4 Å². The van der Waals surface area contributed by atoms with Crippen LogP contribution in [0.5, 0.6) is 0 Å². The molecule has 0 aliphatic heterocycles. The van der Waals surface area contributed by atoms with Gasteiger partial charge >= 0.3 is 5.97 Å². The average molecular weight is 392 g/mol. The first-order valence-corrected chi connectivity index (χ1v) is 9.40. The van der Waals surface area contributed by atoms with Crippen molar-refractivity contribution in [3.63, 3.8) is 0 Å². The third-order valence-corrected chi connectivity index (χ3v) is 4.58. The topological polar surface area (TPSA) is 90.5 Å². The Morgan fingerprint density at radius 3 is 2.55 bits per heavy atom. The molecule has 0 spiro atoms. The lowest BCUT2D eigenvalue weighted by atomic mass is 10.1. The standard InChI is InChI=1S/C22H20N2O5/c25-19-8-4-5-13-24(19)14-17-11-12-18(28-17)22(27)29-20(15-6-2-1-3-7-15)21(26)23-16-9-10-16/h1-8,11-13,16,20H,9-10,14H2,(H,23,26)/t20-/m0/s1. The highest BCUT2D eigenvalue weighted by Gasteiger charge is 2.31. The lowest BCUT2D eigenvalue weighted by Crippen LogP contribution is -2.33. The molecule has 7 nitrogen and oxygen atoms in total. The summed E-state index contributed by atoms with van der Waals surface area (Å²) in [6, 6.07) is 16.9. The van der Waals surface area contributed by atoms with Crippen molar-refractivity contribution in [1.82, 2.24) is 9.88 Å². The Balaban J connectivity index is 1.49. The fourth-order valence-electron chi connectivity index (χ4n) is 2.90. The van der Waals surface area contributed by atoms with Crippen LogP contribution in [-0.4, -0.2) is 22.5 Å². The molecule has 0 unspecified atom stereocenters. The van der Waals surface area contributed by atoms with Crippen molar-refractivity contribution >= 4 is 11.9 Å². The first kappa shape index (κ1) is 18.7. The van der Waals surface area contributed by atoms with Crippen molar-refractivity contribution in [1.29, 1.82) is 0 Å². The van der Waals surface area contributed by atoms with Crippen molar-refractivity contribution < 1.29 is 18.7 Å². The second-order valence-corrected chi connectivity index (χ2v) is 6.91. The number of nitrogens with one attached hydrogen (secondary N) is 1. The SMILES string of the molecule is O=C(O[C@H](C(=O)NC1CC1)c1ccccc1)c1ccc(Cn2ccccc2=O)o1. The van der Waals surface area contributed by atoms with E-state index in [0.29, 0.717) is 11.3 Å². The van der Waals surface area contributed by atoms with Gasteiger partial charge in [-0.2, -0.15) is 0 Å². The molecule has 0 bridgehead atoms. The molecule has 0 radical (unpaired) electrons. The number of nitrogens with zero attached hydrogens (tertiary/aromatic N) is 1. The fraction of sp³-hybridized carbons (Fsp3) is 0.227. The number of hydrogen-bond acceptors (Lipinski definition) is 5. The van der Waals surface area contributed by atoms with Crippen LogP contribution in [0.3, 0.4) is 0 Å². The lowest BCUT2D eigenvalue weighted by molar-refractivity contribution is -0.130. The number of esters is 1. The molecule has 1 aliphatic carbocycles. The fourth-order valence-corrected chi connectivity index (χ4v) is 2.90. The van der Waals surface area contributed by atoms with Crippen LogP contribution in [0.2, 0.25) is 0 Å². The van der Waals surface area contributed by atoms with Crippen LogP contribution in [-0.2, 0) is 16.1 Å². The molecule has 7 heteroatoms. The van der Waals surface area contributed by atoms with Gasteiger partial charge in [0.25, 0.3) is 11.5 Å². The summed E-state index contributed by atoms with van der Waals surface area (Å²) >= 11 is 0. The van der Waals surface area contributed by atoms with E-state index in [1.165, 1.54) is 16.7 Å². The molecule has 2 heterocycles. The minimum atomic E-state index is -1.06. The first-order valence-electron chi connectivity index (χ1n) is 9.40. The van der Waals surface area contributed by atoms with E-state index in [-0.39, 0.29) is 29.8 Å². The van der Waals surface area contributed by atoms with E-state index in [9.17, 15) is 14.4 Å². The van der Waals surface area contributed by atoms with Gasteiger partial charge < -0.3 is 19.0 Å². The second-order valence-electron chi connectivity index (χ2n) is 6.91. The highest BCUT2D eigenvalue weighted by atomic mass is 16.6. The van der Waals surface area contributed by atoms with E-state index in [0.717, 1.165) is 12.8 Å². The number of amides is 1. The number of aromatic nitrogens is 1. The Morgan fingerprint density at radius 1 is 1.07 bits per heavy atom. The zero-order valence-corrected chi connectivity index (χ0v) is 15.6. The predicted molar refractivity (Wildman–Crippen MR) is 104 cm³/mol. The molecule has 0 saturated heterocycles. The monoisotopic (exact) mass is 392 g/mol. The molecular formula is C22H20N2O5. The summed E-state index contributed by atoms with van der Waals surface area (Å²) in [4.78, 5) is 37.0. The molecule has 4 rings (SSSR count). The van der Waals surface area contributed by atoms with E-state index in [4.69, 9.17) is 9.15 Å². The molecule has 1 fully saturated rings. The van der Waals surface area contributed by atoms with Crippen LogP contribution < -0.4 is 10.9 Å². The summed E-state index contributed by atoms with van der Waals surface area (Å²) in [5.74, 6) is -0.681. The number of carbonyl (C=O) groups excluding carboxylic acids is 2. The largest absolute Gasteiger partial charge is 0.452 e. The quantitative estimate of drug-likeness (QED) is 0.625. The summed E-state index contributed by atoms with van der Waals surface area (Å²) in [5.41, 5.74) is 0.413. The van der Waals surface area contributed by atoms with E-state index in [1.807, 2.05) is 6.07 Å². The van der Waals surface area contributed by atoms with Crippen LogP contribution in [0.4, 0.5) is 0 Å². The summed E-state index contributed by atoms with van der Waals surface area (Å²) in [5, 5.41) is 2.87. The Bertz CT molecular complexity index is 1070. The van der Waals surface area contributed by atoms with E-state index < -0.39 is 12.1 Å². The molecule has 29 heavy (non-hydrogen) atoms. The van der Waals surface area contributed by atoms with E-state index >= 15 is 0 Å². The highest BCUT2D eigenvalue weighted by Crippen LogP contribution is 2.24. The molecule has 1 saturated carbocycles. The van der Waals surface area contributed by atoms with Gasteiger partial charge in [0.2, 0.25) is 11.9 Å². The van der Waals surface area contributed by atoms with E-state index in [1.54, 1.807) is 48.7 Å². The van der Waals surface area contributed by atoms with Gasteiger partial charge in [-0.25, -0.2) is 4.79 Å². The summed E-state index contributed by atoms with van der Waals surface area (Å²) in [6.07, 6.45) is 2.44. The molecule has 148 valence electrons. The third-order valence-electron chi connectivity index (χ3n) is 4.58. The minimum Gasteiger partial charge on any atom is -0.452 e. The number of furan rings is 1. The van der Waals surface area contributed by atoms with Crippen molar-refractivity contribution in [2.45, 2.75) is 31.5 Å². The summed E-state index contributed by atoms with van der Waals surface area (Å²) in [6.45, 7) is 0.192. The molecule has 1 aromatic carbocycles. The number of pyridine rings is 1. The zero-order chi connectivity index (χ0) is 20.2. The van der Waals surface area contributed by atoms with Gasteiger partial charge in [0.1, 0.15) is 5.76 Å². The van der Waals surface area contributed by atoms with Gasteiger partial charge in [-0.3, -0.25) is 9.59 Å². The van der Waals surface area contributed by atoms with Crippen molar-refractivity contribution in [2.75, 3.05) is 0 Å². The average Bonchev–Trinajstić information content (AvgIpc) is 3.42. The maximum atomic E-state index is 12.6. The van der Waals surface area contributed by atoms with Gasteiger partial charge in [0.15, 0.2) is 0 Å². The van der Waals surface area contributed by atoms with Crippen LogP contribution in [0, 0.1) is 0 Å². The number of ether oxygens (including phenoxy) is 1. The van der Waals surface area contributed by atoms with Gasteiger partial charge in [-0.15, -0.1) is 0 Å². The second kappa shape index (κ2) is 8.18. The van der Waals surface area contributed by atoms with Crippen molar-refractivity contribution in [2.24, 2.45) is 0 Å². The van der Waals surface area contributed by atoms with Crippen LogP contribution in [0.1, 0.15) is 40.8 Å². The maximum absolute atomic E-state index is 12.6. The molecule has 1 atom stereocenters. The third kappa shape index (κ3) is 4.63. The number of rotatable bonds is 7. The van der Waals surface area contributed by atoms with Crippen LogP contribution in [0.25, 0.3) is 0 Å². The molecule has 1 aliphatic rings. The molecule has 1 amide bonds. The lowest BCUT2D eigenvalue weighted by Gasteiger charge is -2.17. The molecule has 2 aromatic heterocycles. The normalized spacial score (nSPS) is 14.2. The van der Waals surface area contributed by atoms with Gasteiger partial charge in [-0.05, 0) is 31.0 Å². The molecule has 3 aromatic rings. The Kier molecular flexibility index (Phi) is 5.29. The van der Waals surface area contributed by atoms with Crippen LogP contribution >= 0.6 is 0 Å². The maximum Gasteiger partial charge on any atom is 0.375 e. The Labute approximate surface area is 166 Å². The number of hydrogen-bond donors (Lipinski definition) is 1. The summed E-state index contributed by atoms with van der Waals surface area (Å²) in [7, 11) is 0. The molecular weight excluding hydrogens is 372 g/mol. The van der Waals surface area contributed by atoms with Crippen molar-refractivity contribution in [3.05, 3.63) is 94.3 Å². The van der Waals surface area contributed by atoms with Gasteiger partial charge in [0.05, 0.1) is 6.54 Å². The summed E-state index contributed by atoms with van der Waals surface area (Å²) < 4.78 is 12.5.